The molecule has 1 amide bonds. The lowest BCUT2D eigenvalue weighted by atomic mass is 10.3. The normalized spacial score (nSPS) is 11.5. The van der Waals surface area contributed by atoms with E-state index in [4.69, 9.17) is 23.2 Å². The number of halogens is 2. The molecule has 0 aromatic heterocycles. The van der Waals surface area contributed by atoms with Gasteiger partial charge >= 0.3 is 0 Å². The minimum Gasteiger partial charge on any atom is -0.325 e. The van der Waals surface area contributed by atoms with Crippen molar-refractivity contribution in [3.05, 3.63) is 58.6 Å². The van der Waals surface area contributed by atoms with Gasteiger partial charge in [-0.05, 0) is 30.3 Å². The molecule has 0 aliphatic carbocycles. The van der Waals surface area contributed by atoms with Gasteiger partial charge in [0.15, 0.2) is 0 Å². The molecule has 0 spiro atoms. The maximum Gasteiger partial charge on any atom is 0.243 e. The molecular formula is C16H16Cl2N2O3S. The van der Waals surface area contributed by atoms with Crippen molar-refractivity contribution < 1.29 is 13.2 Å². The van der Waals surface area contributed by atoms with E-state index in [9.17, 15) is 13.2 Å². The van der Waals surface area contributed by atoms with Gasteiger partial charge in [0, 0.05) is 22.3 Å². The van der Waals surface area contributed by atoms with Crippen LogP contribution in [0.4, 0.5) is 5.69 Å². The smallest absolute Gasteiger partial charge is 0.243 e. The van der Waals surface area contributed by atoms with Gasteiger partial charge in [-0.1, -0.05) is 48.3 Å². The van der Waals surface area contributed by atoms with Gasteiger partial charge in [-0.15, -0.1) is 0 Å². The Bertz CT molecular complexity index is 806. The summed E-state index contributed by atoms with van der Waals surface area (Å²) in [6, 6.07) is 12.6. The van der Waals surface area contributed by atoms with Crippen LogP contribution in [0, 0.1) is 0 Å². The minimum absolute atomic E-state index is 0.144. The first-order chi connectivity index (χ1) is 11.3. The first-order valence-corrected chi connectivity index (χ1v) is 9.33. The lowest BCUT2D eigenvalue weighted by molar-refractivity contribution is -0.116. The van der Waals surface area contributed by atoms with Crippen molar-refractivity contribution in [2.75, 3.05) is 18.4 Å². The molecular weight excluding hydrogens is 371 g/mol. The zero-order valence-electron chi connectivity index (χ0n) is 12.9. The van der Waals surface area contributed by atoms with Gasteiger partial charge in [0.05, 0.1) is 11.4 Å². The minimum atomic E-state index is -3.73. The first-order valence-electron chi connectivity index (χ1n) is 7.14. The number of carbonyl (C=O) groups is 1. The molecule has 0 bridgehead atoms. The van der Waals surface area contributed by atoms with E-state index in [1.807, 2.05) is 0 Å². The molecule has 0 heterocycles. The Morgan fingerprint density at radius 3 is 2.21 bits per heavy atom. The molecule has 0 unspecified atom stereocenters. The molecule has 128 valence electrons. The van der Waals surface area contributed by atoms with Crippen LogP contribution in [0.1, 0.15) is 6.92 Å². The van der Waals surface area contributed by atoms with E-state index >= 15 is 0 Å². The first kappa shape index (κ1) is 18.7. The summed E-state index contributed by atoms with van der Waals surface area (Å²) in [4.78, 5) is 12.3. The predicted molar refractivity (Wildman–Crippen MR) is 96.0 cm³/mol. The van der Waals surface area contributed by atoms with Crippen LogP contribution in [-0.2, 0) is 14.8 Å². The average Bonchev–Trinajstić information content (AvgIpc) is 2.52. The number of likely N-dealkylation sites (N-methyl/N-ethyl adjacent to an activating group) is 1. The fourth-order valence-electron chi connectivity index (χ4n) is 2.09. The number of nitrogens with one attached hydrogen (secondary N) is 1. The Hall–Kier alpha value is -1.60. The summed E-state index contributed by atoms with van der Waals surface area (Å²) in [5, 5.41) is 3.35. The second-order valence-corrected chi connectivity index (χ2v) is 7.76. The van der Waals surface area contributed by atoms with Gasteiger partial charge in [0.1, 0.15) is 0 Å². The van der Waals surface area contributed by atoms with Crippen LogP contribution in [0.3, 0.4) is 0 Å². The standard InChI is InChI=1S/C16H16Cl2N2O3S/c1-2-20(24(22,23)15-6-4-3-5-7-15)11-16(21)19-14-9-12(17)8-13(18)10-14/h3-10H,2,11H2,1H3,(H,19,21). The van der Waals surface area contributed by atoms with Crippen molar-refractivity contribution in [1.29, 1.82) is 0 Å². The quantitative estimate of drug-likeness (QED) is 0.823. The van der Waals surface area contributed by atoms with E-state index < -0.39 is 15.9 Å². The molecule has 2 aromatic rings. The third kappa shape index (κ3) is 4.70. The third-order valence-corrected chi connectivity index (χ3v) is 5.57. The van der Waals surface area contributed by atoms with Gasteiger partial charge in [-0.2, -0.15) is 4.31 Å². The van der Waals surface area contributed by atoms with Gasteiger partial charge in [-0.25, -0.2) is 8.42 Å². The molecule has 1 N–H and O–H groups in total. The second-order valence-electron chi connectivity index (χ2n) is 4.95. The molecule has 2 aromatic carbocycles. The zero-order chi connectivity index (χ0) is 17.7. The number of hydrogen-bond acceptors (Lipinski definition) is 3. The van der Waals surface area contributed by atoms with Crippen LogP contribution in [0.2, 0.25) is 10.0 Å². The number of carbonyl (C=O) groups excluding carboxylic acids is 1. The maximum atomic E-state index is 12.6. The Labute approximate surface area is 151 Å². The number of anilines is 1. The molecule has 0 aliphatic rings. The Morgan fingerprint density at radius 2 is 1.67 bits per heavy atom. The van der Waals surface area contributed by atoms with Crippen molar-refractivity contribution >= 4 is 44.8 Å². The van der Waals surface area contributed by atoms with E-state index in [0.717, 1.165) is 4.31 Å². The van der Waals surface area contributed by atoms with E-state index in [2.05, 4.69) is 5.32 Å². The predicted octanol–water partition coefficient (Wildman–Crippen LogP) is 3.64. The van der Waals surface area contributed by atoms with Crippen LogP contribution < -0.4 is 5.32 Å². The molecule has 5 nitrogen and oxygen atoms in total. The largest absolute Gasteiger partial charge is 0.325 e. The lowest BCUT2D eigenvalue weighted by Crippen LogP contribution is -2.37. The summed E-state index contributed by atoms with van der Waals surface area (Å²) in [7, 11) is -3.73. The van der Waals surface area contributed by atoms with Gasteiger partial charge in [-0.3, -0.25) is 4.79 Å². The number of sulfonamides is 1. The van der Waals surface area contributed by atoms with E-state index in [1.165, 1.54) is 30.3 Å². The van der Waals surface area contributed by atoms with Crippen LogP contribution in [0.5, 0.6) is 0 Å². The van der Waals surface area contributed by atoms with Gasteiger partial charge in [0.2, 0.25) is 15.9 Å². The number of rotatable bonds is 6. The summed E-state index contributed by atoms with van der Waals surface area (Å²) in [6.07, 6.45) is 0. The van der Waals surface area contributed by atoms with Crippen LogP contribution >= 0.6 is 23.2 Å². The van der Waals surface area contributed by atoms with Crippen molar-refractivity contribution in [3.8, 4) is 0 Å². The summed E-state index contributed by atoms with van der Waals surface area (Å²) in [5.41, 5.74) is 0.408. The third-order valence-electron chi connectivity index (χ3n) is 3.20. The molecule has 0 saturated carbocycles. The number of nitrogens with zero attached hydrogens (tertiary/aromatic N) is 1. The molecule has 0 aliphatic heterocycles. The molecule has 0 saturated heterocycles. The molecule has 2 rings (SSSR count). The van der Waals surface area contributed by atoms with Crippen molar-refractivity contribution in [2.45, 2.75) is 11.8 Å². The molecule has 0 fully saturated rings. The molecule has 0 atom stereocenters. The SMILES string of the molecule is CCN(CC(=O)Nc1cc(Cl)cc(Cl)c1)S(=O)(=O)c1ccccc1. The van der Waals surface area contributed by atoms with Crippen LogP contribution in [0.25, 0.3) is 0 Å². The summed E-state index contributed by atoms with van der Waals surface area (Å²) >= 11 is 11.8. The van der Waals surface area contributed by atoms with Gasteiger partial charge < -0.3 is 5.32 Å². The van der Waals surface area contributed by atoms with Crippen molar-refractivity contribution in [1.82, 2.24) is 4.31 Å². The summed E-state index contributed by atoms with van der Waals surface area (Å²) < 4.78 is 26.2. The summed E-state index contributed by atoms with van der Waals surface area (Å²) in [6.45, 7) is 1.53. The topological polar surface area (TPSA) is 66.5 Å². The Kier molecular flexibility index (Phi) is 6.23. The summed E-state index contributed by atoms with van der Waals surface area (Å²) in [5.74, 6) is -0.477. The molecule has 8 heteroatoms. The maximum absolute atomic E-state index is 12.6. The number of benzene rings is 2. The van der Waals surface area contributed by atoms with Crippen molar-refractivity contribution in [3.63, 3.8) is 0 Å². The lowest BCUT2D eigenvalue weighted by Gasteiger charge is -2.20. The van der Waals surface area contributed by atoms with Crippen LogP contribution in [-0.4, -0.2) is 31.7 Å². The number of hydrogen-bond donors (Lipinski definition) is 1. The highest BCUT2D eigenvalue weighted by atomic mass is 35.5. The van der Waals surface area contributed by atoms with Gasteiger partial charge in [0.25, 0.3) is 0 Å². The fraction of sp³-hybridized carbons (Fsp3) is 0.188. The highest BCUT2D eigenvalue weighted by Gasteiger charge is 2.25. The fourth-order valence-corrected chi connectivity index (χ4v) is 4.05. The Balaban J connectivity index is 2.13. The highest BCUT2D eigenvalue weighted by molar-refractivity contribution is 7.89. The second kappa shape index (κ2) is 7.98. The molecule has 0 radical (unpaired) electrons. The number of amides is 1. The highest BCUT2D eigenvalue weighted by Crippen LogP contribution is 2.22. The zero-order valence-corrected chi connectivity index (χ0v) is 15.2. The average molecular weight is 387 g/mol. The van der Waals surface area contributed by atoms with E-state index in [-0.39, 0.29) is 18.0 Å². The van der Waals surface area contributed by atoms with E-state index in [1.54, 1.807) is 25.1 Å². The Morgan fingerprint density at radius 1 is 1.08 bits per heavy atom. The van der Waals surface area contributed by atoms with Crippen molar-refractivity contribution in [2.24, 2.45) is 0 Å². The van der Waals surface area contributed by atoms with E-state index in [0.29, 0.717) is 15.7 Å². The van der Waals surface area contributed by atoms with Crippen LogP contribution in [0.15, 0.2) is 53.4 Å². The monoisotopic (exact) mass is 386 g/mol. The molecule has 24 heavy (non-hydrogen) atoms.